The van der Waals surface area contributed by atoms with Gasteiger partial charge >= 0.3 is 0 Å². The first-order valence-corrected chi connectivity index (χ1v) is 6.66. The third-order valence-corrected chi connectivity index (χ3v) is 2.50. The maximum Gasteiger partial charge on any atom is 0.131 e. The van der Waals surface area contributed by atoms with Gasteiger partial charge in [0.25, 0.3) is 0 Å². The van der Waals surface area contributed by atoms with E-state index in [1.807, 2.05) is 38.1 Å². The number of rotatable bonds is 1. The van der Waals surface area contributed by atoms with Gasteiger partial charge in [0.2, 0.25) is 0 Å². The van der Waals surface area contributed by atoms with Crippen LogP contribution in [0.5, 0.6) is 5.75 Å². The molecule has 2 aromatic carbocycles. The summed E-state index contributed by atoms with van der Waals surface area (Å²) in [6, 6.07) is 9.26. The fraction of sp³-hybridized carbons (Fsp3) is 0.294. The third kappa shape index (κ3) is 6.84. The van der Waals surface area contributed by atoms with Gasteiger partial charge in [-0.05, 0) is 26.0 Å². The highest BCUT2D eigenvalue weighted by Crippen LogP contribution is 2.12. The van der Waals surface area contributed by atoms with Crippen molar-refractivity contribution in [3.05, 3.63) is 65.0 Å². The number of methoxy groups -OCH3 is 1. The molecule has 0 radical (unpaired) electrons. The number of ether oxygens (including phenoxy) is 1. The fourth-order valence-corrected chi connectivity index (χ4v) is 1.29. The monoisotopic (exact) mass is 298 g/mol. The van der Waals surface area contributed by atoms with E-state index in [4.69, 9.17) is 4.74 Å². The highest BCUT2D eigenvalue weighted by Gasteiger charge is 2.05. The largest absolute Gasteiger partial charge is 0.497 e. The Bertz CT molecular complexity index is 513. The van der Waals surface area contributed by atoms with E-state index in [9.17, 15) is 13.2 Å². The summed E-state index contributed by atoms with van der Waals surface area (Å²) >= 11 is 0. The number of aryl methyl sites for hydroxylation is 1. The van der Waals surface area contributed by atoms with Crippen molar-refractivity contribution in [2.75, 3.05) is 7.11 Å². The van der Waals surface area contributed by atoms with Crippen molar-refractivity contribution in [1.82, 2.24) is 0 Å². The van der Waals surface area contributed by atoms with Crippen LogP contribution in [-0.4, -0.2) is 7.11 Å². The molecule has 0 amide bonds. The third-order valence-electron chi connectivity index (χ3n) is 2.50. The van der Waals surface area contributed by atoms with Crippen LogP contribution in [0.3, 0.4) is 0 Å². The SMILES string of the molecule is CC.COc1ccc(C)cc1.Cc1c(F)cc(F)cc1F. The molecule has 0 N–H and O–H groups in total. The Morgan fingerprint density at radius 2 is 1.24 bits per heavy atom. The van der Waals surface area contributed by atoms with Crippen molar-refractivity contribution in [2.45, 2.75) is 27.7 Å². The van der Waals surface area contributed by atoms with Gasteiger partial charge in [-0.2, -0.15) is 0 Å². The summed E-state index contributed by atoms with van der Waals surface area (Å²) in [5, 5.41) is 0. The van der Waals surface area contributed by atoms with Crippen LogP contribution in [0.15, 0.2) is 36.4 Å². The van der Waals surface area contributed by atoms with Gasteiger partial charge in [0.15, 0.2) is 0 Å². The molecule has 0 bridgehead atoms. The lowest BCUT2D eigenvalue weighted by atomic mass is 10.2. The summed E-state index contributed by atoms with van der Waals surface area (Å²) in [5.74, 6) is -1.67. The molecule has 0 atom stereocenters. The molecule has 0 unspecified atom stereocenters. The summed E-state index contributed by atoms with van der Waals surface area (Å²) in [6.45, 7) is 7.31. The first-order chi connectivity index (χ1) is 9.93. The van der Waals surface area contributed by atoms with Crippen LogP contribution in [-0.2, 0) is 0 Å². The smallest absolute Gasteiger partial charge is 0.131 e. The van der Waals surface area contributed by atoms with E-state index < -0.39 is 17.5 Å². The van der Waals surface area contributed by atoms with Crippen molar-refractivity contribution in [3.63, 3.8) is 0 Å². The molecule has 21 heavy (non-hydrogen) atoms. The first kappa shape index (κ1) is 19.0. The molecule has 0 heterocycles. The minimum absolute atomic E-state index is 0.151. The normalized spacial score (nSPS) is 8.95. The Labute approximate surface area is 124 Å². The second-order valence-electron chi connectivity index (χ2n) is 4.01. The van der Waals surface area contributed by atoms with Gasteiger partial charge in [0.05, 0.1) is 7.11 Å². The summed E-state index contributed by atoms with van der Waals surface area (Å²) < 4.78 is 41.8. The molecule has 0 spiro atoms. The standard InChI is InChI=1S/C8H10O.C7H5F3.C2H6/c1-7-3-5-8(9-2)6-4-7;1-4-6(9)2-5(8)3-7(4)10;1-2/h3-6H,1-2H3;2-3H,1H3;1-2H3. The zero-order valence-electron chi connectivity index (χ0n) is 13.0. The Balaban J connectivity index is 0.000000342. The van der Waals surface area contributed by atoms with Crippen LogP contribution in [0.25, 0.3) is 0 Å². The quantitative estimate of drug-likeness (QED) is 0.681. The predicted octanol–water partition coefficient (Wildman–Crippen LogP) is 5.44. The molecule has 0 aromatic heterocycles. The number of benzene rings is 2. The molecular formula is C17H21F3O. The minimum atomic E-state index is -0.888. The van der Waals surface area contributed by atoms with Gasteiger partial charge < -0.3 is 4.74 Å². The van der Waals surface area contributed by atoms with Crippen LogP contribution in [0.2, 0.25) is 0 Å². The van der Waals surface area contributed by atoms with E-state index in [1.165, 1.54) is 12.5 Å². The second kappa shape index (κ2) is 9.86. The number of halogens is 3. The lowest BCUT2D eigenvalue weighted by Gasteiger charge is -1.97. The molecule has 1 nitrogen and oxygen atoms in total. The van der Waals surface area contributed by atoms with E-state index in [-0.39, 0.29) is 5.56 Å². The molecule has 0 saturated carbocycles. The highest BCUT2D eigenvalue weighted by molar-refractivity contribution is 5.25. The highest BCUT2D eigenvalue weighted by atomic mass is 19.1. The topological polar surface area (TPSA) is 9.23 Å². The maximum absolute atomic E-state index is 12.4. The van der Waals surface area contributed by atoms with Crippen LogP contribution in [0, 0.1) is 31.3 Å². The van der Waals surface area contributed by atoms with Gasteiger partial charge in [-0.25, -0.2) is 13.2 Å². The molecule has 0 aliphatic heterocycles. The predicted molar refractivity (Wildman–Crippen MR) is 80.1 cm³/mol. The molecular weight excluding hydrogens is 277 g/mol. The maximum atomic E-state index is 12.4. The van der Waals surface area contributed by atoms with E-state index in [2.05, 4.69) is 6.92 Å². The molecule has 0 saturated heterocycles. The molecule has 4 heteroatoms. The van der Waals surface area contributed by atoms with Crippen molar-refractivity contribution < 1.29 is 17.9 Å². The van der Waals surface area contributed by atoms with Gasteiger partial charge in [0, 0.05) is 17.7 Å². The lowest BCUT2D eigenvalue weighted by Crippen LogP contribution is -1.89. The molecule has 0 fully saturated rings. The fourth-order valence-electron chi connectivity index (χ4n) is 1.29. The van der Waals surface area contributed by atoms with Crippen LogP contribution >= 0.6 is 0 Å². The van der Waals surface area contributed by atoms with Crippen molar-refractivity contribution in [1.29, 1.82) is 0 Å². The Kier molecular flexibility index (Phi) is 8.93. The molecule has 0 aliphatic rings. The Morgan fingerprint density at radius 1 is 0.810 bits per heavy atom. The van der Waals surface area contributed by atoms with Crippen LogP contribution in [0.4, 0.5) is 13.2 Å². The summed E-state index contributed by atoms with van der Waals surface area (Å²) in [7, 11) is 1.67. The molecule has 2 aromatic rings. The lowest BCUT2D eigenvalue weighted by molar-refractivity contribution is 0.414. The second-order valence-corrected chi connectivity index (χ2v) is 4.01. The van der Waals surface area contributed by atoms with Gasteiger partial charge in [-0.1, -0.05) is 31.5 Å². The Hall–Kier alpha value is -1.97. The Morgan fingerprint density at radius 3 is 1.62 bits per heavy atom. The average Bonchev–Trinajstić information content (AvgIpc) is 2.48. The first-order valence-electron chi connectivity index (χ1n) is 6.66. The van der Waals surface area contributed by atoms with Gasteiger partial charge in [0.1, 0.15) is 23.2 Å². The van der Waals surface area contributed by atoms with Crippen molar-refractivity contribution in [3.8, 4) is 5.75 Å². The average molecular weight is 298 g/mol. The summed E-state index contributed by atoms with van der Waals surface area (Å²) in [5.41, 5.74) is 1.11. The molecule has 0 aliphatic carbocycles. The summed E-state index contributed by atoms with van der Waals surface area (Å²) in [4.78, 5) is 0. The van der Waals surface area contributed by atoms with Crippen LogP contribution < -0.4 is 4.74 Å². The van der Waals surface area contributed by atoms with Gasteiger partial charge in [-0.3, -0.25) is 0 Å². The van der Waals surface area contributed by atoms with Crippen molar-refractivity contribution in [2.24, 2.45) is 0 Å². The van der Waals surface area contributed by atoms with E-state index in [0.717, 1.165) is 5.75 Å². The zero-order valence-corrected chi connectivity index (χ0v) is 13.0. The summed E-state index contributed by atoms with van der Waals surface area (Å²) in [6.07, 6.45) is 0. The number of hydrogen-bond acceptors (Lipinski definition) is 1. The van der Waals surface area contributed by atoms with E-state index in [0.29, 0.717) is 12.1 Å². The molecule has 2 rings (SSSR count). The number of hydrogen-bond donors (Lipinski definition) is 0. The zero-order chi connectivity index (χ0) is 16.4. The molecule has 116 valence electrons. The van der Waals surface area contributed by atoms with Crippen molar-refractivity contribution >= 4 is 0 Å². The van der Waals surface area contributed by atoms with Gasteiger partial charge in [-0.15, -0.1) is 0 Å². The minimum Gasteiger partial charge on any atom is -0.497 e. The van der Waals surface area contributed by atoms with E-state index in [1.54, 1.807) is 7.11 Å². The van der Waals surface area contributed by atoms with E-state index >= 15 is 0 Å². The van der Waals surface area contributed by atoms with Crippen LogP contribution in [0.1, 0.15) is 25.0 Å².